The second kappa shape index (κ2) is 3.87. The third kappa shape index (κ3) is 1.77. The molecule has 2 aliphatic rings. The summed E-state index contributed by atoms with van der Waals surface area (Å²) in [6, 6.07) is 0.259. The van der Waals surface area contributed by atoms with Crippen LogP contribution in [0, 0.1) is 0 Å². The van der Waals surface area contributed by atoms with Crippen molar-refractivity contribution < 1.29 is 4.79 Å². The largest absolute Gasteiger partial charge is 0.339 e. The molecule has 0 aromatic carbocycles. The molecule has 2 N–H and O–H groups in total. The Morgan fingerprint density at radius 1 is 1.43 bits per heavy atom. The number of amides is 1. The highest BCUT2D eigenvalue weighted by molar-refractivity contribution is 5.81. The molecule has 4 nitrogen and oxygen atoms in total. The van der Waals surface area contributed by atoms with Crippen LogP contribution in [-0.4, -0.2) is 54.0 Å². The molecule has 0 saturated carbocycles. The van der Waals surface area contributed by atoms with Gasteiger partial charge in [0.1, 0.15) is 0 Å². The van der Waals surface area contributed by atoms with Crippen molar-refractivity contribution >= 4 is 5.91 Å². The zero-order valence-corrected chi connectivity index (χ0v) is 8.78. The molecule has 2 fully saturated rings. The fourth-order valence-electron chi connectivity index (χ4n) is 2.48. The van der Waals surface area contributed by atoms with Crippen molar-refractivity contribution in [3.05, 3.63) is 0 Å². The summed E-state index contributed by atoms with van der Waals surface area (Å²) in [5.74, 6) is 0.108. The van der Waals surface area contributed by atoms with E-state index in [1.807, 2.05) is 4.90 Å². The van der Waals surface area contributed by atoms with E-state index in [0.717, 1.165) is 19.6 Å². The molecule has 14 heavy (non-hydrogen) atoms. The van der Waals surface area contributed by atoms with E-state index in [1.54, 1.807) is 6.92 Å². The van der Waals surface area contributed by atoms with Gasteiger partial charge in [0, 0.05) is 25.7 Å². The maximum atomic E-state index is 11.7. The molecule has 2 aliphatic heterocycles. The fourth-order valence-corrected chi connectivity index (χ4v) is 2.48. The van der Waals surface area contributed by atoms with Crippen LogP contribution in [-0.2, 0) is 4.79 Å². The molecule has 0 radical (unpaired) electrons. The Morgan fingerprint density at radius 2 is 2.21 bits per heavy atom. The molecule has 80 valence electrons. The summed E-state index contributed by atoms with van der Waals surface area (Å²) in [5.41, 5.74) is 5.60. The fraction of sp³-hybridized carbons (Fsp3) is 0.900. The van der Waals surface area contributed by atoms with Crippen LogP contribution in [0.15, 0.2) is 0 Å². The molecule has 0 aliphatic carbocycles. The monoisotopic (exact) mass is 197 g/mol. The maximum absolute atomic E-state index is 11.7. The van der Waals surface area contributed by atoms with E-state index >= 15 is 0 Å². The van der Waals surface area contributed by atoms with Gasteiger partial charge in [-0.2, -0.15) is 0 Å². The SMILES string of the molecule is C[C@H](N)C(=O)N1CCN2CCC[C@@H]2C1. The highest BCUT2D eigenvalue weighted by Gasteiger charge is 2.32. The molecule has 2 saturated heterocycles. The zero-order valence-electron chi connectivity index (χ0n) is 8.78. The summed E-state index contributed by atoms with van der Waals surface area (Å²) in [5, 5.41) is 0. The molecule has 4 heteroatoms. The molecular weight excluding hydrogens is 178 g/mol. The number of nitrogens with zero attached hydrogens (tertiary/aromatic N) is 2. The third-order valence-corrected chi connectivity index (χ3v) is 3.29. The van der Waals surface area contributed by atoms with Gasteiger partial charge >= 0.3 is 0 Å². The molecule has 2 heterocycles. The number of carbonyl (C=O) groups is 1. The van der Waals surface area contributed by atoms with E-state index in [4.69, 9.17) is 5.73 Å². The van der Waals surface area contributed by atoms with Gasteiger partial charge in [0.15, 0.2) is 0 Å². The summed E-state index contributed by atoms with van der Waals surface area (Å²) >= 11 is 0. The molecule has 0 aromatic rings. The second-order valence-corrected chi connectivity index (χ2v) is 4.40. The highest BCUT2D eigenvalue weighted by Crippen LogP contribution is 2.21. The summed E-state index contributed by atoms with van der Waals surface area (Å²) in [6.45, 7) is 5.76. The number of carbonyl (C=O) groups excluding carboxylic acids is 1. The van der Waals surface area contributed by atoms with Crippen LogP contribution >= 0.6 is 0 Å². The molecular formula is C10H19N3O. The van der Waals surface area contributed by atoms with Gasteiger partial charge in [-0.05, 0) is 26.3 Å². The van der Waals surface area contributed by atoms with Crippen LogP contribution in [0.2, 0.25) is 0 Å². The molecule has 2 atom stereocenters. The first kappa shape index (κ1) is 9.93. The number of rotatable bonds is 1. The third-order valence-electron chi connectivity index (χ3n) is 3.29. The van der Waals surface area contributed by atoms with Gasteiger partial charge < -0.3 is 10.6 Å². The summed E-state index contributed by atoms with van der Waals surface area (Å²) in [7, 11) is 0. The molecule has 0 unspecified atom stereocenters. The van der Waals surface area contributed by atoms with Crippen LogP contribution in [0.1, 0.15) is 19.8 Å². The topological polar surface area (TPSA) is 49.6 Å². The number of fused-ring (bicyclic) bond motifs is 1. The van der Waals surface area contributed by atoms with Gasteiger partial charge in [-0.3, -0.25) is 9.69 Å². The Morgan fingerprint density at radius 3 is 2.93 bits per heavy atom. The number of nitrogens with two attached hydrogens (primary N) is 1. The molecule has 0 bridgehead atoms. The summed E-state index contributed by atoms with van der Waals surface area (Å²) in [6.07, 6.45) is 2.52. The molecule has 1 amide bonds. The summed E-state index contributed by atoms with van der Waals surface area (Å²) in [4.78, 5) is 16.1. The second-order valence-electron chi connectivity index (χ2n) is 4.40. The number of piperazine rings is 1. The Balaban J connectivity index is 1.94. The quantitative estimate of drug-likeness (QED) is 0.624. The first-order valence-electron chi connectivity index (χ1n) is 5.47. The van der Waals surface area contributed by atoms with E-state index in [2.05, 4.69) is 4.90 Å². The van der Waals surface area contributed by atoms with Crippen LogP contribution in [0.4, 0.5) is 0 Å². The normalized spacial score (nSPS) is 30.1. The Bertz CT molecular complexity index is 229. The molecule has 0 aromatic heterocycles. The van der Waals surface area contributed by atoms with Crippen molar-refractivity contribution in [1.82, 2.24) is 9.80 Å². The lowest BCUT2D eigenvalue weighted by molar-refractivity contribution is -0.134. The summed E-state index contributed by atoms with van der Waals surface area (Å²) < 4.78 is 0. The van der Waals surface area contributed by atoms with E-state index in [-0.39, 0.29) is 11.9 Å². The van der Waals surface area contributed by atoms with Crippen LogP contribution < -0.4 is 5.73 Å². The average Bonchev–Trinajstić information content (AvgIpc) is 2.62. The zero-order chi connectivity index (χ0) is 10.1. The van der Waals surface area contributed by atoms with Crippen LogP contribution in [0.5, 0.6) is 0 Å². The maximum Gasteiger partial charge on any atom is 0.239 e. The van der Waals surface area contributed by atoms with Gasteiger partial charge in [-0.15, -0.1) is 0 Å². The minimum absolute atomic E-state index is 0.108. The van der Waals surface area contributed by atoms with E-state index in [9.17, 15) is 4.79 Å². The minimum Gasteiger partial charge on any atom is -0.339 e. The predicted octanol–water partition coefficient (Wildman–Crippen LogP) is -0.360. The highest BCUT2D eigenvalue weighted by atomic mass is 16.2. The first-order chi connectivity index (χ1) is 6.68. The van der Waals surface area contributed by atoms with Crippen molar-refractivity contribution in [2.24, 2.45) is 5.73 Å². The van der Waals surface area contributed by atoms with Gasteiger partial charge in [-0.1, -0.05) is 0 Å². The van der Waals surface area contributed by atoms with Crippen molar-refractivity contribution in [3.63, 3.8) is 0 Å². The van der Waals surface area contributed by atoms with Gasteiger partial charge in [-0.25, -0.2) is 0 Å². The molecule has 0 spiro atoms. The van der Waals surface area contributed by atoms with Gasteiger partial charge in [0.2, 0.25) is 5.91 Å². The predicted molar refractivity (Wildman–Crippen MR) is 54.8 cm³/mol. The lowest BCUT2D eigenvalue weighted by Crippen LogP contribution is -2.55. The van der Waals surface area contributed by atoms with E-state index in [1.165, 1.54) is 19.4 Å². The van der Waals surface area contributed by atoms with Crippen molar-refractivity contribution in [1.29, 1.82) is 0 Å². The Hall–Kier alpha value is -0.610. The van der Waals surface area contributed by atoms with Crippen LogP contribution in [0.3, 0.4) is 0 Å². The van der Waals surface area contributed by atoms with E-state index in [0.29, 0.717) is 6.04 Å². The smallest absolute Gasteiger partial charge is 0.239 e. The average molecular weight is 197 g/mol. The lowest BCUT2D eigenvalue weighted by Gasteiger charge is -2.38. The van der Waals surface area contributed by atoms with Gasteiger partial charge in [0.05, 0.1) is 6.04 Å². The first-order valence-corrected chi connectivity index (χ1v) is 5.47. The lowest BCUT2D eigenvalue weighted by atomic mass is 10.1. The Kier molecular flexibility index (Phi) is 2.74. The standard InChI is InChI=1S/C10H19N3O/c1-8(11)10(14)13-6-5-12-4-2-3-9(12)7-13/h8-9H,2-7,11H2,1H3/t8-,9+/m0/s1. The van der Waals surface area contributed by atoms with Crippen molar-refractivity contribution in [2.75, 3.05) is 26.2 Å². The number of hydrogen-bond acceptors (Lipinski definition) is 3. The van der Waals surface area contributed by atoms with Gasteiger partial charge in [0.25, 0.3) is 0 Å². The van der Waals surface area contributed by atoms with Crippen molar-refractivity contribution in [3.8, 4) is 0 Å². The van der Waals surface area contributed by atoms with Crippen LogP contribution in [0.25, 0.3) is 0 Å². The minimum atomic E-state index is -0.344. The van der Waals surface area contributed by atoms with E-state index < -0.39 is 0 Å². The Labute approximate surface area is 85.0 Å². The number of hydrogen-bond donors (Lipinski definition) is 1. The van der Waals surface area contributed by atoms with Crippen molar-refractivity contribution in [2.45, 2.75) is 31.8 Å². The molecule has 2 rings (SSSR count).